The standard InChI is InChI=1S/C19H21N3O3/c1-22(18(13-8-9-13)16-7-2-3-10-20-16)12-17(23)21-15-6-4-5-14(11-15)19(24)25/h2-7,10-11,13,18H,8-9,12H2,1H3,(H,21,23)(H,24,25)/t18-/m0/s1. The highest BCUT2D eigenvalue weighted by Gasteiger charge is 2.36. The van der Waals surface area contributed by atoms with Crippen molar-refractivity contribution in [2.24, 2.45) is 5.92 Å². The minimum atomic E-state index is -1.02. The number of nitrogens with one attached hydrogen (secondary N) is 1. The molecule has 1 atom stereocenters. The van der Waals surface area contributed by atoms with Crippen LogP contribution in [0.2, 0.25) is 0 Å². The molecule has 1 saturated carbocycles. The molecule has 1 heterocycles. The number of nitrogens with zero attached hydrogens (tertiary/aromatic N) is 2. The molecule has 3 rings (SSSR count). The number of pyridine rings is 1. The summed E-state index contributed by atoms with van der Waals surface area (Å²) < 4.78 is 0. The molecule has 6 nitrogen and oxygen atoms in total. The van der Waals surface area contributed by atoms with E-state index in [1.807, 2.05) is 30.1 Å². The van der Waals surface area contributed by atoms with E-state index in [9.17, 15) is 9.59 Å². The van der Waals surface area contributed by atoms with E-state index >= 15 is 0 Å². The third-order valence-corrected chi connectivity index (χ3v) is 4.32. The van der Waals surface area contributed by atoms with Crippen molar-refractivity contribution in [2.75, 3.05) is 18.9 Å². The largest absolute Gasteiger partial charge is 0.478 e. The van der Waals surface area contributed by atoms with E-state index in [2.05, 4.69) is 10.3 Å². The van der Waals surface area contributed by atoms with E-state index in [-0.39, 0.29) is 24.1 Å². The van der Waals surface area contributed by atoms with Gasteiger partial charge in [-0.25, -0.2) is 4.79 Å². The molecule has 0 unspecified atom stereocenters. The maximum absolute atomic E-state index is 12.4. The van der Waals surface area contributed by atoms with Crippen molar-refractivity contribution < 1.29 is 14.7 Å². The molecule has 0 aliphatic heterocycles. The van der Waals surface area contributed by atoms with Crippen LogP contribution in [0.25, 0.3) is 0 Å². The zero-order chi connectivity index (χ0) is 17.8. The molecule has 1 aromatic heterocycles. The Kier molecular flexibility index (Phi) is 5.09. The van der Waals surface area contributed by atoms with Crippen molar-refractivity contribution in [1.82, 2.24) is 9.88 Å². The van der Waals surface area contributed by atoms with Gasteiger partial charge in [-0.1, -0.05) is 12.1 Å². The van der Waals surface area contributed by atoms with Crippen LogP contribution in [0.1, 0.15) is 34.9 Å². The van der Waals surface area contributed by atoms with Crippen LogP contribution in [0.4, 0.5) is 5.69 Å². The number of hydrogen-bond donors (Lipinski definition) is 2. The molecule has 130 valence electrons. The van der Waals surface area contributed by atoms with Crippen LogP contribution in [0.5, 0.6) is 0 Å². The normalized spacial score (nSPS) is 15.0. The van der Waals surface area contributed by atoms with Crippen molar-refractivity contribution in [1.29, 1.82) is 0 Å². The first-order chi connectivity index (χ1) is 12.0. The zero-order valence-electron chi connectivity index (χ0n) is 14.1. The lowest BCUT2D eigenvalue weighted by atomic mass is 10.1. The Balaban J connectivity index is 1.65. The van der Waals surface area contributed by atoms with Gasteiger partial charge in [0.15, 0.2) is 0 Å². The van der Waals surface area contributed by atoms with Crippen LogP contribution in [-0.2, 0) is 4.79 Å². The van der Waals surface area contributed by atoms with Gasteiger partial charge in [0, 0.05) is 11.9 Å². The first-order valence-corrected chi connectivity index (χ1v) is 8.29. The smallest absolute Gasteiger partial charge is 0.335 e. The Morgan fingerprint density at radius 1 is 1.28 bits per heavy atom. The fraction of sp³-hybridized carbons (Fsp3) is 0.316. The summed E-state index contributed by atoms with van der Waals surface area (Å²) in [6, 6.07) is 12.2. The summed E-state index contributed by atoms with van der Waals surface area (Å²) >= 11 is 0. The second-order valence-corrected chi connectivity index (χ2v) is 6.39. The van der Waals surface area contributed by atoms with E-state index in [0.29, 0.717) is 11.6 Å². The number of likely N-dealkylation sites (N-methyl/N-ethyl adjacent to an activating group) is 1. The summed E-state index contributed by atoms with van der Waals surface area (Å²) in [4.78, 5) is 29.8. The van der Waals surface area contributed by atoms with Gasteiger partial charge >= 0.3 is 5.97 Å². The average molecular weight is 339 g/mol. The molecule has 25 heavy (non-hydrogen) atoms. The van der Waals surface area contributed by atoms with Crippen LogP contribution in [-0.4, -0.2) is 40.5 Å². The lowest BCUT2D eigenvalue weighted by Crippen LogP contribution is -2.34. The summed E-state index contributed by atoms with van der Waals surface area (Å²) in [5.41, 5.74) is 1.61. The Hall–Kier alpha value is -2.73. The van der Waals surface area contributed by atoms with Crippen molar-refractivity contribution in [3.63, 3.8) is 0 Å². The van der Waals surface area contributed by atoms with Crippen LogP contribution in [0.15, 0.2) is 48.7 Å². The molecule has 0 spiro atoms. The zero-order valence-corrected chi connectivity index (χ0v) is 14.1. The van der Waals surface area contributed by atoms with E-state index in [4.69, 9.17) is 5.11 Å². The molecular formula is C19H21N3O3. The molecule has 2 aromatic rings. The number of aromatic nitrogens is 1. The molecule has 1 amide bonds. The van der Waals surface area contributed by atoms with Crippen LogP contribution >= 0.6 is 0 Å². The lowest BCUT2D eigenvalue weighted by Gasteiger charge is -2.27. The van der Waals surface area contributed by atoms with Gasteiger partial charge in [0.2, 0.25) is 5.91 Å². The van der Waals surface area contributed by atoms with Gasteiger partial charge in [0.05, 0.1) is 23.8 Å². The fourth-order valence-corrected chi connectivity index (χ4v) is 3.05. The number of hydrogen-bond acceptors (Lipinski definition) is 4. The van der Waals surface area contributed by atoms with Gasteiger partial charge in [-0.3, -0.25) is 14.7 Å². The highest BCUT2D eigenvalue weighted by atomic mass is 16.4. The number of benzene rings is 1. The van der Waals surface area contributed by atoms with Gasteiger partial charge in [0.1, 0.15) is 0 Å². The molecule has 0 bridgehead atoms. The quantitative estimate of drug-likeness (QED) is 0.810. The average Bonchev–Trinajstić information content (AvgIpc) is 3.41. The van der Waals surface area contributed by atoms with Crippen LogP contribution < -0.4 is 5.32 Å². The third kappa shape index (κ3) is 4.42. The molecule has 1 aliphatic carbocycles. The van der Waals surface area contributed by atoms with Gasteiger partial charge in [0.25, 0.3) is 0 Å². The second-order valence-electron chi connectivity index (χ2n) is 6.39. The SMILES string of the molecule is CN(CC(=O)Nc1cccc(C(=O)O)c1)[C@H](c1ccccn1)C1CC1. The topological polar surface area (TPSA) is 82.5 Å². The summed E-state index contributed by atoms with van der Waals surface area (Å²) in [7, 11) is 1.92. The molecule has 6 heteroatoms. The Morgan fingerprint density at radius 3 is 2.72 bits per heavy atom. The van der Waals surface area contributed by atoms with Gasteiger partial charge in [-0.15, -0.1) is 0 Å². The van der Waals surface area contributed by atoms with Crippen LogP contribution in [0, 0.1) is 5.92 Å². The van der Waals surface area contributed by atoms with Gasteiger partial charge in [-0.2, -0.15) is 0 Å². The molecule has 1 aromatic carbocycles. The number of carbonyl (C=O) groups is 2. The molecule has 0 saturated heterocycles. The van der Waals surface area contributed by atoms with E-state index < -0.39 is 5.97 Å². The predicted octanol–water partition coefficient (Wildman–Crippen LogP) is 2.80. The molecule has 0 radical (unpaired) electrons. The number of anilines is 1. The van der Waals surface area contributed by atoms with Crippen molar-refractivity contribution in [2.45, 2.75) is 18.9 Å². The third-order valence-electron chi connectivity index (χ3n) is 4.32. The highest BCUT2D eigenvalue weighted by molar-refractivity contribution is 5.94. The van der Waals surface area contributed by atoms with Crippen molar-refractivity contribution >= 4 is 17.6 Å². The Labute approximate surface area is 146 Å². The molecule has 2 N–H and O–H groups in total. The fourth-order valence-electron chi connectivity index (χ4n) is 3.05. The van der Waals surface area contributed by atoms with Crippen molar-refractivity contribution in [3.05, 3.63) is 59.9 Å². The molecular weight excluding hydrogens is 318 g/mol. The predicted molar refractivity (Wildman–Crippen MR) is 94.4 cm³/mol. The van der Waals surface area contributed by atoms with E-state index in [1.165, 1.54) is 12.1 Å². The first kappa shape index (κ1) is 17.1. The summed E-state index contributed by atoms with van der Waals surface area (Å²) in [6.07, 6.45) is 4.07. The Bertz CT molecular complexity index is 760. The van der Waals surface area contributed by atoms with E-state index in [0.717, 1.165) is 18.5 Å². The maximum Gasteiger partial charge on any atom is 0.335 e. The molecule has 1 fully saturated rings. The maximum atomic E-state index is 12.4. The Morgan fingerprint density at radius 2 is 2.08 bits per heavy atom. The summed E-state index contributed by atoms with van der Waals surface area (Å²) in [5, 5.41) is 11.8. The second kappa shape index (κ2) is 7.44. The first-order valence-electron chi connectivity index (χ1n) is 8.29. The highest BCUT2D eigenvalue weighted by Crippen LogP contribution is 2.43. The van der Waals surface area contributed by atoms with Crippen LogP contribution in [0.3, 0.4) is 0 Å². The monoisotopic (exact) mass is 339 g/mol. The number of carboxylic acid groups (broad SMARTS) is 1. The number of rotatable bonds is 7. The number of aromatic carboxylic acids is 1. The minimum Gasteiger partial charge on any atom is -0.478 e. The van der Waals surface area contributed by atoms with Gasteiger partial charge < -0.3 is 10.4 Å². The van der Waals surface area contributed by atoms with E-state index in [1.54, 1.807) is 18.3 Å². The molecule has 1 aliphatic rings. The van der Waals surface area contributed by atoms with Crippen molar-refractivity contribution in [3.8, 4) is 0 Å². The van der Waals surface area contributed by atoms with Gasteiger partial charge in [-0.05, 0) is 56.1 Å². The summed E-state index contributed by atoms with van der Waals surface area (Å²) in [6.45, 7) is 0.217. The summed E-state index contributed by atoms with van der Waals surface area (Å²) in [5.74, 6) is -0.660. The number of amides is 1. The minimum absolute atomic E-state index is 0.123. The number of carbonyl (C=O) groups excluding carboxylic acids is 1. The lowest BCUT2D eigenvalue weighted by molar-refractivity contribution is -0.117. The number of carboxylic acids is 1.